The zero-order chi connectivity index (χ0) is 21.4. The molecule has 0 amide bonds. The van der Waals surface area contributed by atoms with Crippen molar-refractivity contribution in [3.8, 4) is 29.1 Å². The van der Waals surface area contributed by atoms with E-state index in [2.05, 4.69) is 6.07 Å². The first-order valence-electron chi connectivity index (χ1n) is 9.66. The number of hydrogen-bond acceptors (Lipinski definition) is 5. The van der Waals surface area contributed by atoms with Gasteiger partial charge in [-0.3, -0.25) is 0 Å². The number of para-hydroxylation sites is 3. The Morgan fingerprint density at radius 3 is 1.29 bits per heavy atom. The maximum Gasteiger partial charge on any atom is 0.611 e. The molecule has 5 nitrogen and oxygen atoms in total. The molecule has 0 heterocycles. The number of nitriles is 1. The van der Waals surface area contributed by atoms with Crippen molar-refractivity contribution >= 4 is 0 Å². The molecule has 0 saturated carbocycles. The predicted molar refractivity (Wildman–Crippen MR) is 116 cm³/mol. The van der Waals surface area contributed by atoms with E-state index in [4.69, 9.17) is 18.9 Å². The first-order chi connectivity index (χ1) is 15.2. The third-order valence-electron chi connectivity index (χ3n) is 4.16. The van der Waals surface area contributed by atoms with Crippen molar-refractivity contribution in [3.63, 3.8) is 0 Å². The minimum atomic E-state index is -2.00. The Morgan fingerprint density at radius 2 is 0.871 bits per heavy atom. The van der Waals surface area contributed by atoms with Gasteiger partial charge in [-0.1, -0.05) is 60.7 Å². The van der Waals surface area contributed by atoms with Gasteiger partial charge in [-0.15, -0.1) is 0 Å². The highest BCUT2D eigenvalue weighted by atomic mass is 17.0. The van der Waals surface area contributed by atoms with Crippen LogP contribution in [-0.4, -0.2) is 6.16 Å². The summed E-state index contributed by atoms with van der Waals surface area (Å²) in [5, 5.41) is 9.27. The molecular weight excluding hydrogens is 390 g/mol. The van der Waals surface area contributed by atoms with Crippen LogP contribution >= 0.6 is 0 Å². The zero-order valence-corrected chi connectivity index (χ0v) is 16.5. The molecule has 0 aromatic heterocycles. The van der Waals surface area contributed by atoms with Gasteiger partial charge in [-0.05, 0) is 54.6 Å². The van der Waals surface area contributed by atoms with Crippen LogP contribution in [0.3, 0.4) is 0 Å². The molecule has 5 heteroatoms. The highest BCUT2D eigenvalue weighted by Crippen LogP contribution is 2.30. The van der Waals surface area contributed by atoms with Gasteiger partial charge in [0.1, 0.15) is 23.0 Å². The minimum absolute atomic E-state index is 0.349. The molecule has 0 radical (unpaired) electrons. The smallest absolute Gasteiger partial charge is 0.386 e. The Balaban J connectivity index is 1.78. The van der Waals surface area contributed by atoms with E-state index in [0.29, 0.717) is 28.6 Å². The summed E-state index contributed by atoms with van der Waals surface area (Å²) in [6.45, 7) is 0. The molecule has 0 N–H and O–H groups in total. The Morgan fingerprint density at radius 1 is 0.484 bits per heavy atom. The highest BCUT2D eigenvalue weighted by Gasteiger charge is 2.43. The second-order valence-electron chi connectivity index (χ2n) is 6.49. The maximum absolute atomic E-state index is 9.27. The van der Waals surface area contributed by atoms with E-state index < -0.39 is 6.16 Å². The molecule has 4 aromatic rings. The van der Waals surface area contributed by atoms with Crippen molar-refractivity contribution in [1.82, 2.24) is 0 Å². The molecule has 0 bridgehead atoms. The third-order valence-corrected chi connectivity index (χ3v) is 4.16. The van der Waals surface area contributed by atoms with E-state index in [-0.39, 0.29) is 0 Å². The summed E-state index contributed by atoms with van der Waals surface area (Å²) in [6.07, 6.45) is -2.00. The van der Waals surface area contributed by atoms with Gasteiger partial charge in [0.25, 0.3) is 0 Å². The van der Waals surface area contributed by atoms with Crippen molar-refractivity contribution < 1.29 is 18.9 Å². The summed E-state index contributed by atoms with van der Waals surface area (Å²) >= 11 is 0. The number of hydrogen-bond donors (Lipinski definition) is 0. The largest absolute Gasteiger partial charge is 0.611 e. The van der Waals surface area contributed by atoms with Crippen molar-refractivity contribution in [2.75, 3.05) is 0 Å². The second-order valence-corrected chi connectivity index (χ2v) is 6.49. The minimum Gasteiger partial charge on any atom is -0.386 e. The molecule has 0 aliphatic heterocycles. The van der Waals surface area contributed by atoms with Gasteiger partial charge in [-0.2, -0.15) is 5.26 Å². The number of rotatable bonds is 8. The number of benzene rings is 4. The van der Waals surface area contributed by atoms with Crippen LogP contribution < -0.4 is 18.9 Å². The van der Waals surface area contributed by atoms with Gasteiger partial charge < -0.3 is 18.9 Å². The summed E-state index contributed by atoms with van der Waals surface area (Å²) < 4.78 is 24.6. The third kappa shape index (κ3) is 5.34. The molecule has 0 spiro atoms. The average Bonchev–Trinajstić information content (AvgIpc) is 2.81. The van der Waals surface area contributed by atoms with Crippen LogP contribution in [0.4, 0.5) is 0 Å². The van der Waals surface area contributed by atoms with Crippen LogP contribution in [0.25, 0.3) is 0 Å². The van der Waals surface area contributed by atoms with Crippen LogP contribution in [-0.2, 0) is 0 Å². The van der Waals surface area contributed by atoms with Gasteiger partial charge in [0.05, 0.1) is 11.6 Å². The van der Waals surface area contributed by atoms with Crippen molar-refractivity contribution in [2.45, 2.75) is 6.16 Å². The summed E-state index contributed by atoms with van der Waals surface area (Å²) in [5.41, 5.74) is 0.436. The van der Waals surface area contributed by atoms with Gasteiger partial charge in [-0.25, -0.2) is 0 Å². The van der Waals surface area contributed by atoms with Gasteiger partial charge in [0.2, 0.25) is 0 Å². The molecule has 0 fully saturated rings. The Kier molecular flexibility index (Phi) is 6.01. The Bertz CT molecular complexity index is 1040. The highest BCUT2D eigenvalue weighted by molar-refractivity contribution is 5.36. The van der Waals surface area contributed by atoms with E-state index in [1.165, 1.54) is 0 Å². The fourth-order valence-corrected chi connectivity index (χ4v) is 2.80. The van der Waals surface area contributed by atoms with Crippen LogP contribution in [0.15, 0.2) is 115 Å². The second kappa shape index (κ2) is 9.38. The van der Waals surface area contributed by atoms with Crippen LogP contribution in [0.1, 0.15) is 5.56 Å². The van der Waals surface area contributed by atoms with Gasteiger partial charge in [0, 0.05) is 0 Å². The standard InChI is InChI=1S/C26H19NO4/c27-20-21-11-10-18-25(19-21)31-26(28-22-12-4-1-5-13-22,29-23-14-6-2-7-15-23)30-24-16-8-3-9-17-24/h1-19H. The summed E-state index contributed by atoms with van der Waals surface area (Å²) in [4.78, 5) is 0. The van der Waals surface area contributed by atoms with E-state index in [9.17, 15) is 5.26 Å². The molecule has 0 unspecified atom stereocenters. The SMILES string of the molecule is N#Cc1cccc(OC(Oc2ccccc2)(Oc2ccccc2)Oc2ccccc2)c1. The predicted octanol–water partition coefficient (Wildman–Crippen LogP) is 5.79. The normalized spacial score (nSPS) is 10.5. The lowest BCUT2D eigenvalue weighted by atomic mass is 10.2. The average molecular weight is 409 g/mol. The van der Waals surface area contributed by atoms with E-state index >= 15 is 0 Å². The topological polar surface area (TPSA) is 60.7 Å². The van der Waals surface area contributed by atoms with Crippen molar-refractivity contribution in [3.05, 3.63) is 121 Å². The molecule has 0 atom stereocenters. The molecule has 0 aliphatic carbocycles. The Labute approximate surface area is 180 Å². The monoisotopic (exact) mass is 409 g/mol. The van der Waals surface area contributed by atoms with Gasteiger partial charge >= 0.3 is 6.16 Å². The molecule has 152 valence electrons. The van der Waals surface area contributed by atoms with Crippen molar-refractivity contribution in [2.24, 2.45) is 0 Å². The lowest BCUT2D eigenvalue weighted by Gasteiger charge is -2.32. The van der Waals surface area contributed by atoms with Crippen molar-refractivity contribution in [1.29, 1.82) is 5.26 Å². The summed E-state index contributed by atoms with van der Waals surface area (Å²) in [6, 6.07) is 36.0. The quantitative estimate of drug-likeness (QED) is 0.345. The first-order valence-corrected chi connectivity index (χ1v) is 9.66. The van der Waals surface area contributed by atoms with E-state index in [1.807, 2.05) is 54.6 Å². The molecule has 4 aromatic carbocycles. The van der Waals surface area contributed by atoms with Crippen LogP contribution in [0.5, 0.6) is 23.0 Å². The fourth-order valence-electron chi connectivity index (χ4n) is 2.80. The zero-order valence-electron chi connectivity index (χ0n) is 16.5. The Hall–Kier alpha value is -4.43. The van der Waals surface area contributed by atoms with E-state index in [1.54, 1.807) is 60.7 Å². The van der Waals surface area contributed by atoms with E-state index in [0.717, 1.165) is 0 Å². The maximum atomic E-state index is 9.27. The van der Waals surface area contributed by atoms with Crippen LogP contribution in [0.2, 0.25) is 0 Å². The lowest BCUT2D eigenvalue weighted by molar-refractivity contribution is -0.367. The molecule has 4 rings (SSSR count). The number of ether oxygens (including phenoxy) is 4. The summed E-state index contributed by atoms with van der Waals surface area (Å²) in [7, 11) is 0. The lowest BCUT2D eigenvalue weighted by Crippen LogP contribution is -2.53. The molecule has 0 aliphatic rings. The van der Waals surface area contributed by atoms with Crippen LogP contribution in [0, 0.1) is 11.3 Å². The molecule has 31 heavy (non-hydrogen) atoms. The fraction of sp³-hybridized carbons (Fsp3) is 0.0385. The first kappa shape index (κ1) is 19.9. The molecular formula is C26H19NO4. The summed E-state index contributed by atoms with van der Waals surface area (Å²) in [5.74, 6) is 1.78. The van der Waals surface area contributed by atoms with Gasteiger partial charge in [0.15, 0.2) is 0 Å². The number of nitrogens with zero attached hydrogens (tertiary/aromatic N) is 1. The molecule has 0 saturated heterocycles.